The molecule has 94 valence electrons. The van der Waals surface area contributed by atoms with Crippen LogP contribution in [0.25, 0.3) is 0 Å². The lowest BCUT2D eigenvalue weighted by atomic mass is 10.3. The second-order valence-electron chi connectivity index (χ2n) is 3.32. The number of hydrogen-bond donors (Lipinski definition) is 2. The topological polar surface area (TPSA) is 50.4 Å². The number of hydrogen-bond acceptors (Lipinski definition) is 3. The SMILES string of the molecule is COCCNC(=O)CNc1ccc(F)cc1Br. The highest BCUT2D eigenvalue weighted by atomic mass is 79.9. The standard InChI is InChI=1S/C11H14BrFN2O2/c1-17-5-4-14-11(16)7-15-10-3-2-8(13)6-9(10)12/h2-3,6,15H,4-5,7H2,1H3,(H,14,16). The highest BCUT2D eigenvalue weighted by molar-refractivity contribution is 9.10. The summed E-state index contributed by atoms with van der Waals surface area (Å²) in [6.45, 7) is 1.08. The van der Waals surface area contributed by atoms with Crippen molar-refractivity contribution in [2.24, 2.45) is 0 Å². The molecule has 0 radical (unpaired) electrons. The molecule has 0 bridgehead atoms. The van der Waals surface area contributed by atoms with Crippen LogP contribution in [-0.2, 0) is 9.53 Å². The van der Waals surface area contributed by atoms with Gasteiger partial charge in [0.05, 0.1) is 13.2 Å². The monoisotopic (exact) mass is 304 g/mol. The Bertz CT molecular complexity index is 388. The van der Waals surface area contributed by atoms with Gasteiger partial charge >= 0.3 is 0 Å². The number of rotatable bonds is 6. The highest BCUT2D eigenvalue weighted by Gasteiger charge is 2.04. The minimum absolute atomic E-state index is 0.133. The maximum atomic E-state index is 12.8. The van der Waals surface area contributed by atoms with Crippen LogP contribution < -0.4 is 10.6 Å². The fraction of sp³-hybridized carbons (Fsp3) is 0.364. The lowest BCUT2D eigenvalue weighted by molar-refractivity contribution is -0.119. The minimum atomic E-state index is -0.327. The summed E-state index contributed by atoms with van der Waals surface area (Å²) in [5, 5.41) is 5.57. The van der Waals surface area contributed by atoms with E-state index in [-0.39, 0.29) is 18.3 Å². The Balaban J connectivity index is 2.37. The van der Waals surface area contributed by atoms with Gasteiger partial charge in [-0.15, -0.1) is 0 Å². The first-order valence-electron chi connectivity index (χ1n) is 5.08. The van der Waals surface area contributed by atoms with E-state index in [2.05, 4.69) is 26.6 Å². The van der Waals surface area contributed by atoms with Crippen molar-refractivity contribution in [3.63, 3.8) is 0 Å². The summed E-state index contributed by atoms with van der Waals surface area (Å²) in [5.74, 6) is -0.467. The Morgan fingerprint density at radius 1 is 1.53 bits per heavy atom. The summed E-state index contributed by atoms with van der Waals surface area (Å²) in [6.07, 6.45) is 0. The summed E-state index contributed by atoms with van der Waals surface area (Å²) >= 11 is 3.21. The van der Waals surface area contributed by atoms with Crippen LogP contribution in [-0.4, -0.2) is 32.7 Å². The second kappa shape index (κ2) is 7.24. The highest BCUT2D eigenvalue weighted by Crippen LogP contribution is 2.22. The van der Waals surface area contributed by atoms with Crippen LogP contribution in [0.5, 0.6) is 0 Å². The summed E-state index contributed by atoms with van der Waals surface area (Å²) in [7, 11) is 1.57. The van der Waals surface area contributed by atoms with Gasteiger partial charge in [-0.2, -0.15) is 0 Å². The molecule has 0 saturated carbocycles. The molecule has 0 aliphatic heterocycles. The zero-order valence-electron chi connectivity index (χ0n) is 9.43. The number of carbonyl (C=O) groups is 1. The van der Waals surface area contributed by atoms with E-state index >= 15 is 0 Å². The number of methoxy groups -OCH3 is 1. The molecule has 0 atom stereocenters. The molecule has 0 fully saturated rings. The van der Waals surface area contributed by atoms with Gasteiger partial charge < -0.3 is 15.4 Å². The van der Waals surface area contributed by atoms with E-state index < -0.39 is 0 Å². The number of amides is 1. The van der Waals surface area contributed by atoms with E-state index in [1.54, 1.807) is 13.2 Å². The molecule has 1 rings (SSSR count). The van der Waals surface area contributed by atoms with E-state index in [0.29, 0.717) is 23.3 Å². The first-order chi connectivity index (χ1) is 8.13. The molecule has 0 aromatic heterocycles. The van der Waals surface area contributed by atoms with Crippen LogP contribution >= 0.6 is 15.9 Å². The maximum absolute atomic E-state index is 12.8. The van der Waals surface area contributed by atoms with Crippen molar-refractivity contribution in [3.05, 3.63) is 28.5 Å². The molecule has 17 heavy (non-hydrogen) atoms. The number of benzene rings is 1. The molecule has 1 aromatic rings. The Morgan fingerprint density at radius 3 is 2.94 bits per heavy atom. The van der Waals surface area contributed by atoms with Gasteiger partial charge in [0, 0.05) is 23.8 Å². The molecule has 4 nitrogen and oxygen atoms in total. The normalized spacial score (nSPS) is 10.1. The zero-order chi connectivity index (χ0) is 12.7. The van der Waals surface area contributed by atoms with Crippen LogP contribution in [0.4, 0.5) is 10.1 Å². The van der Waals surface area contributed by atoms with E-state index in [9.17, 15) is 9.18 Å². The smallest absolute Gasteiger partial charge is 0.239 e. The molecular formula is C11H14BrFN2O2. The van der Waals surface area contributed by atoms with Gasteiger partial charge in [-0.25, -0.2) is 4.39 Å². The first-order valence-corrected chi connectivity index (χ1v) is 5.87. The third-order valence-corrected chi connectivity index (χ3v) is 2.65. The summed E-state index contributed by atoms with van der Waals surface area (Å²) in [6, 6.07) is 4.24. The van der Waals surface area contributed by atoms with Crippen molar-refractivity contribution >= 4 is 27.5 Å². The molecule has 0 heterocycles. The Kier molecular flexibility index (Phi) is 5.93. The van der Waals surface area contributed by atoms with E-state index in [0.717, 1.165) is 0 Å². The summed E-state index contributed by atoms with van der Waals surface area (Å²) < 4.78 is 18.2. The molecule has 0 aliphatic rings. The molecule has 1 amide bonds. The summed E-state index contributed by atoms with van der Waals surface area (Å²) in [5.41, 5.74) is 0.674. The van der Waals surface area contributed by atoms with Gasteiger partial charge in [-0.3, -0.25) is 4.79 Å². The van der Waals surface area contributed by atoms with Crippen molar-refractivity contribution in [3.8, 4) is 0 Å². The Hall–Kier alpha value is -1.14. The molecule has 6 heteroatoms. The first kappa shape index (κ1) is 13.9. The van der Waals surface area contributed by atoms with Crippen molar-refractivity contribution in [2.75, 3.05) is 32.1 Å². The van der Waals surface area contributed by atoms with Crippen molar-refractivity contribution in [1.82, 2.24) is 5.32 Å². The van der Waals surface area contributed by atoms with Gasteiger partial charge in [-0.1, -0.05) is 0 Å². The second-order valence-corrected chi connectivity index (χ2v) is 4.17. The zero-order valence-corrected chi connectivity index (χ0v) is 11.0. The number of nitrogens with one attached hydrogen (secondary N) is 2. The number of ether oxygens (including phenoxy) is 1. The molecule has 2 N–H and O–H groups in total. The lowest BCUT2D eigenvalue weighted by Gasteiger charge is -2.09. The fourth-order valence-corrected chi connectivity index (χ4v) is 1.65. The van der Waals surface area contributed by atoms with Gasteiger partial charge in [0.1, 0.15) is 5.82 Å². The molecule has 0 aliphatic carbocycles. The molecule has 0 unspecified atom stereocenters. The quantitative estimate of drug-likeness (QED) is 0.788. The van der Waals surface area contributed by atoms with Gasteiger partial charge in [0.25, 0.3) is 0 Å². The molecule has 1 aromatic carbocycles. The van der Waals surface area contributed by atoms with Crippen molar-refractivity contribution in [2.45, 2.75) is 0 Å². The Labute approximate surface area is 108 Å². The third kappa shape index (κ3) is 5.14. The lowest BCUT2D eigenvalue weighted by Crippen LogP contribution is -2.32. The van der Waals surface area contributed by atoms with Crippen LogP contribution in [0.3, 0.4) is 0 Å². The van der Waals surface area contributed by atoms with Crippen LogP contribution in [0, 0.1) is 5.82 Å². The van der Waals surface area contributed by atoms with Crippen molar-refractivity contribution in [1.29, 1.82) is 0 Å². The average Bonchev–Trinajstić information content (AvgIpc) is 2.28. The maximum Gasteiger partial charge on any atom is 0.239 e. The van der Waals surface area contributed by atoms with Gasteiger partial charge in [-0.05, 0) is 34.1 Å². The van der Waals surface area contributed by atoms with Crippen LogP contribution in [0.2, 0.25) is 0 Å². The van der Waals surface area contributed by atoms with E-state index in [1.165, 1.54) is 12.1 Å². The van der Waals surface area contributed by atoms with Crippen molar-refractivity contribution < 1.29 is 13.9 Å². The van der Waals surface area contributed by atoms with Gasteiger partial charge in [0.15, 0.2) is 0 Å². The molecule has 0 saturated heterocycles. The average molecular weight is 305 g/mol. The summed E-state index contributed by atoms with van der Waals surface area (Å²) in [4.78, 5) is 11.4. The predicted molar refractivity (Wildman–Crippen MR) is 67.5 cm³/mol. The van der Waals surface area contributed by atoms with Crippen LogP contribution in [0.15, 0.2) is 22.7 Å². The predicted octanol–water partition coefficient (Wildman–Crippen LogP) is 1.76. The number of halogens is 2. The Morgan fingerprint density at radius 2 is 2.29 bits per heavy atom. The molecule has 0 spiro atoms. The van der Waals surface area contributed by atoms with Gasteiger partial charge in [0.2, 0.25) is 5.91 Å². The van der Waals surface area contributed by atoms with E-state index in [4.69, 9.17) is 4.74 Å². The fourth-order valence-electron chi connectivity index (χ4n) is 1.16. The van der Waals surface area contributed by atoms with Crippen LogP contribution in [0.1, 0.15) is 0 Å². The number of anilines is 1. The third-order valence-electron chi connectivity index (χ3n) is 2.00. The van der Waals surface area contributed by atoms with E-state index in [1.807, 2.05) is 0 Å². The number of carbonyl (C=O) groups excluding carboxylic acids is 1. The largest absolute Gasteiger partial charge is 0.383 e. The molecular weight excluding hydrogens is 291 g/mol. The minimum Gasteiger partial charge on any atom is -0.383 e.